The fourth-order valence-electron chi connectivity index (χ4n) is 5.31. The summed E-state index contributed by atoms with van der Waals surface area (Å²) in [6.07, 6.45) is 2.45. The molecule has 3 amide bonds. The third-order valence-corrected chi connectivity index (χ3v) is 6.98. The van der Waals surface area contributed by atoms with Crippen LogP contribution >= 0.6 is 0 Å². The van der Waals surface area contributed by atoms with E-state index in [1.54, 1.807) is 4.90 Å². The average molecular weight is 432 g/mol. The maximum absolute atomic E-state index is 12.9. The number of aromatic nitrogens is 1. The molecule has 1 spiro atoms. The lowest BCUT2D eigenvalue weighted by atomic mass is 9.78. The fraction of sp³-hybridized carbons (Fsp3) is 0.417. The molecule has 1 unspecified atom stereocenters. The largest absolute Gasteiger partial charge is 0.380 e. The Bertz CT molecular complexity index is 1130. The molecule has 1 atom stereocenters. The van der Waals surface area contributed by atoms with Gasteiger partial charge in [0, 0.05) is 55.3 Å². The number of imide groups is 1. The van der Waals surface area contributed by atoms with Crippen molar-refractivity contribution < 1.29 is 19.1 Å². The minimum atomic E-state index is -0.599. The van der Waals surface area contributed by atoms with Gasteiger partial charge in [-0.1, -0.05) is 6.07 Å². The molecule has 8 heteroatoms. The molecular formula is C24H24N4O4. The first-order valence-electron chi connectivity index (χ1n) is 11.0. The predicted octanol–water partition coefficient (Wildman–Crippen LogP) is 1.34. The Kier molecular flexibility index (Phi) is 4.41. The smallest absolute Gasteiger partial charge is 0.255 e. The molecule has 0 aliphatic carbocycles. The number of benzene rings is 1. The van der Waals surface area contributed by atoms with Crippen molar-refractivity contribution in [3.8, 4) is 11.3 Å². The lowest BCUT2D eigenvalue weighted by Gasteiger charge is -2.55. The van der Waals surface area contributed by atoms with Crippen LogP contribution in [-0.2, 0) is 27.4 Å². The number of pyridine rings is 1. The van der Waals surface area contributed by atoms with Crippen molar-refractivity contribution in [3.05, 3.63) is 53.2 Å². The van der Waals surface area contributed by atoms with Crippen molar-refractivity contribution in [2.45, 2.75) is 32.0 Å². The average Bonchev–Trinajstić information content (AvgIpc) is 3.05. The van der Waals surface area contributed by atoms with Gasteiger partial charge in [0.25, 0.3) is 5.91 Å². The number of carbonyl (C=O) groups excluding carboxylic acids is 3. The van der Waals surface area contributed by atoms with Gasteiger partial charge in [0.15, 0.2) is 0 Å². The van der Waals surface area contributed by atoms with Crippen LogP contribution in [0.3, 0.4) is 0 Å². The number of fused-ring (bicyclic) bond motifs is 1. The second-order valence-electron chi connectivity index (χ2n) is 9.46. The summed E-state index contributed by atoms with van der Waals surface area (Å²) in [6, 6.07) is 9.30. The van der Waals surface area contributed by atoms with Crippen LogP contribution in [0, 0.1) is 5.41 Å². The summed E-state index contributed by atoms with van der Waals surface area (Å²) in [7, 11) is 0. The number of ether oxygens (including phenoxy) is 1. The van der Waals surface area contributed by atoms with Crippen molar-refractivity contribution >= 4 is 17.7 Å². The second-order valence-corrected chi connectivity index (χ2v) is 9.46. The molecule has 0 saturated carbocycles. The minimum absolute atomic E-state index is 0.158. The zero-order valence-corrected chi connectivity index (χ0v) is 17.7. The highest BCUT2D eigenvalue weighted by Gasteiger charge is 2.48. The van der Waals surface area contributed by atoms with Crippen molar-refractivity contribution in [1.29, 1.82) is 0 Å². The molecule has 1 aromatic carbocycles. The molecule has 8 nitrogen and oxygen atoms in total. The third-order valence-electron chi connectivity index (χ3n) is 6.98. The van der Waals surface area contributed by atoms with Gasteiger partial charge in [-0.25, -0.2) is 0 Å². The number of amides is 3. The Morgan fingerprint density at radius 1 is 1.12 bits per heavy atom. The number of nitrogens with zero attached hydrogens (tertiary/aromatic N) is 3. The first-order chi connectivity index (χ1) is 15.5. The van der Waals surface area contributed by atoms with Crippen molar-refractivity contribution in [3.63, 3.8) is 0 Å². The monoisotopic (exact) mass is 432 g/mol. The lowest BCUT2D eigenvalue weighted by Crippen LogP contribution is -2.65. The highest BCUT2D eigenvalue weighted by Crippen LogP contribution is 2.38. The lowest BCUT2D eigenvalue weighted by molar-refractivity contribution is -0.191. The number of hydrogen-bond donors (Lipinski definition) is 1. The van der Waals surface area contributed by atoms with Gasteiger partial charge in [0.2, 0.25) is 11.8 Å². The van der Waals surface area contributed by atoms with Gasteiger partial charge in [0.05, 0.1) is 18.9 Å². The SMILES string of the molecule is O=C1CCC(N2Cc3cc(-c4cc(CN5CC6(COC6)C5)ccn4)ccc3C2=O)C(=O)N1. The quantitative estimate of drug-likeness (QED) is 0.734. The van der Waals surface area contributed by atoms with Crippen LogP contribution in [0.25, 0.3) is 11.3 Å². The first kappa shape index (κ1) is 19.6. The topological polar surface area (TPSA) is 91.8 Å². The maximum Gasteiger partial charge on any atom is 0.255 e. The Balaban J connectivity index is 1.19. The van der Waals surface area contributed by atoms with Crippen LogP contribution in [0.4, 0.5) is 0 Å². The van der Waals surface area contributed by atoms with Crippen molar-refractivity contribution in [2.24, 2.45) is 5.41 Å². The van der Waals surface area contributed by atoms with E-state index >= 15 is 0 Å². The summed E-state index contributed by atoms with van der Waals surface area (Å²) >= 11 is 0. The van der Waals surface area contributed by atoms with E-state index in [-0.39, 0.29) is 18.2 Å². The zero-order valence-electron chi connectivity index (χ0n) is 17.7. The highest BCUT2D eigenvalue weighted by atomic mass is 16.5. The van der Waals surface area contributed by atoms with Crippen LogP contribution in [0.15, 0.2) is 36.5 Å². The molecule has 164 valence electrons. The Labute approximate surface area is 185 Å². The molecule has 3 fully saturated rings. The van der Waals surface area contributed by atoms with Gasteiger partial charge in [-0.3, -0.25) is 29.6 Å². The molecule has 4 aliphatic rings. The molecule has 6 rings (SSSR count). The summed E-state index contributed by atoms with van der Waals surface area (Å²) in [4.78, 5) is 45.2. The molecule has 5 heterocycles. The Hall–Kier alpha value is -3.10. The Morgan fingerprint density at radius 3 is 2.72 bits per heavy atom. The van der Waals surface area contributed by atoms with E-state index in [0.717, 1.165) is 49.7 Å². The normalized spacial score (nSPS) is 24.2. The Morgan fingerprint density at radius 2 is 1.97 bits per heavy atom. The van der Waals surface area contributed by atoms with Gasteiger partial charge in [0.1, 0.15) is 6.04 Å². The number of carbonyl (C=O) groups is 3. The van der Waals surface area contributed by atoms with E-state index in [0.29, 0.717) is 23.9 Å². The number of piperidine rings is 1. The van der Waals surface area contributed by atoms with Gasteiger partial charge in [-0.05, 0) is 41.8 Å². The van der Waals surface area contributed by atoms with E-state index in [9.17, 15) is 14.4 Å². The van der Waals surface area contributed by atoms with Crippen LogP contribution in [0.5, 0.6) is 0 Å². The molecule has 0 radical (unpaired) electrons. The van der Waals surface area contributed by atoms with E-state index in [2.05, 4.69) is 21.3 Å². The first-order valence-corrected chi connectivity index (χ1v) is 11.0. The van der Waals surface area contributed by atoms with Crippen LogP contribution in [0.1, 0.15) is 34.3 Å². The fourth-order valence-corrected chi connectivity index (χ4v) is 5.31. The van der Waals surface area contributed by atoms with E-state index in [1.165, 1.54) is 5.56 Å². The minimum Gasteiger partial charge on any atom is -0.380 e. The molecule has 1 aromatic heterocycles. The molecule has 1 N–H and O–H groups in total. The zero-order chi connectivity index (χ0) is 21.9. The summed E-state index contributed by atoms with van der Waals surface area (Å²) in [5.41, 5.74) is 4.95. The molecule has 2 aromatic rings. The molecule has 0 bridgehead atoms. The van der Waals surface area contributed by atoms with Gasteiger partial charge in [-0.2, -0.15) is 0 Å². The van der Waals surface area contributed by atoms with E-state index in [1.807, 2.05) is 30.5 Å². The number of nitrogens with one attached hydrogen (secondary N) is 1. The number of hydrogen-bond acceptors (Lipinski definition) is 6. The van der Waals surface area contributed by atoms with Crippen molar-refractivity contribution in [1.82, 2.24) is 20.1 Å². The molecule has 3 saturated heterocycles. The van der Waals surface area contributed by atoms with Gasteiger partial charge >= 0.3 is 0 Å². The van der Waals surface area contributed by atoms with E-state index < -0.39 is 11.9 Å². The summed E-state index contributed by atoms with van der Waals surface area (Å²) in [6.45, 7) is 5.20. The molecular weight excluding hydrogens is 408 g/mol. The van der Waals surface area contributed by atoms with Crippen LogP contribution < -0.4 is 5.32 Å². The van der Waals surface area contributed by atoms with Crippen LogP contribution in [0.2, 0.25) is 0 Å². The van der Waals surface area contributed by atoms with E-state index in [4.69, 9.17) is 4.74 Å². The second kappa shape index (κ2) is 7.21. The van der Waals surface area contributed by atoms with Gasteiger partial charge < -0.3 is 9.64 Å². The number of likely N-dealkylation sites (tertiary alicyclic amines) is 1. The van der Waals surface area contributed by atoms with Gasteiger partial charge in [-0.15, -0.1) is 0 Å². The number of rotatable bonds is 4. The predicted molar refractivity (Wildman–Crippen MR) is 114 cm³/mol. The van der Waals surface area contributed by atoms with Crippen molar-refractivity contribution in [2.75, 3.05) is 26.3 Å². The third kappa shape index (κ3) is 3.22. The summed E-state index contributed by atoms with van der Waals surface area (Å²) < 4.78 is 5.36. The summed E-state index contributed by atoms with van der Waals surface area (Å²) in [5.74, 6) is -0.828. The highest BCUT2D eigenvalue weighted by molar-refractivity contribution is 6.05. The summed E-state index contributed by atoms with van der Waals surface area (Å²) in [5, 5.41) is 2.34. The molecule has 4 aliphatic heterocycles. The van der Waals surface area contributed by atoms with Crippen LogP contribution in [-0.4, -0.2) is 64.9 Å². The molecule has 32 heavy (non-hydrogen) atoms. The maximum atomic E-state index is 12.9. The standard InChI is InChI=1S/C24H24N4O4/c29-21-4-3-20(22(30)26-21)28-10-17-8-16(1-2-18(17)23(28)31)19-7-15(5-6-25-19)9-27-11-24(12-27)13-32-14-24/h1-2,5-8,20H,3-4,9-14H2,(H,26,29,30).